The number of rotatable bonds is 9. The molecule has 0 aromatic heterocycles. The van der Waals surface area contributed by atoms with E-state index in [1.54, 1.807) is 6.20 Å². The summed E-state index contributed by atoms with van der Waals surface area (Å²) in [5.41, 5.74) is 1.07. The number of benzene rings is 3. The molecule has 3 aromatic carbocycles. The van der Waals surface area contributed by atoms with Gasteiger partial charge in [-0.25, -0.2) is 4.58 Å². The van der Waals surface area contributed by atoms with Crippen LogP contribution in [-0.2, 0) is 4.43 Å². The number of nitrogens with zero attached hydrogens (tertiary/aromatic N) is 2. The Morgan fingerprint density at radius 1 is 0.970 bits per heavy atom. The fourth-order valence-corrected chi connectivity index (χ4v) is 7.96. The van der Waals surface area contributed by atoms with Crippen LogP contribution in [0.5, 0.6) is 0 Å². The smallest absolute Gasteiger partial charge is 0.259 e. The Balaban J connectivity index is 1.74. The molecule has 1 unspecified atom stereocenters. The summed E-state index contributed by atoms with van der Waals surface area (Å²) in [6.45, 7) is 5.02. The summed E-state index contributed by atoms with van der Waals surface area (Å²) >= 11 is 0. The maximum absolute atomic E-state index is 13.0. The molecule has 0 N–H and O–H groups in total. The summed E-state index contributed by atoms with van der Waals surface area (Å²) in [5.74, 6) is -0.00661. The van der Waals surface area contributed by atoms with Gasteiger partial charge in [-0.2, -0.15) is 0 Å². The van der Waals surface area contributed by atoms with Gasteiger partial charge in [-0.05, 0) is 22.0 Å². The molecule has 1 heterocycles. The van der Waals surface area contributed by atoms with Crippen molar-refractivity contribution >= 4 is 24.9 Å². The van der Waals surface area contributed by atoms with Crippen LogP contribution in [0.2, 0.25) is 6.04 Å². The molecular weight excluding hydrogens is 424 g/mol. The van der Waals surface area contributed by atoms with Gasteiger partial charge in [0.1, 0.15) is 7.05 Å². The van der Waals surface area contributed by atoms with Crippen molar-refractivity contribution in [3.63, 3.8) is 0 Å². The van der Waals surface area contributed by atoms with E-state index < -0.39 is 8.32 Å². The minimum atomic E-state index is -2.63. The second-order valence-electron chi connectivity index (χ2n) is 8.26. The molecule has 33 heavy (non-hydrogen) atoms. The Hall–Kier alpha value is -3.41. The van der Waals surface area contributed by atoms with Crippen LogP contribution in [0.3, 0.4) is 0 Å². The molecule has 1 atom stereocenters. The predicted octanol–water partition coefficient (Wildman–Crippen LogP) is 2.88. The van der Waals surface area contributed by atoms with E-state index in [1.807, 2.05) is 59.1 Å². The molecule has 1 aliphatic rings. The molecule has 0 bridgehead atoms. The Morgan fingerprint density at radius 3 is 2.03 bits per heavy atom. The van der Waals surface area contributed by atoms with E-state index in [0.29, 0.717) is 13.2 Å². The lowest BCUT2D eigenvalue weighted by molar-refractivity contribution is -0.448. The van der Waals surface area contributed by atoms with Crippen LogP contribution in [-0.4, -0.2) is 44.2 Å². The molecule has 0 spiro atoms. The summed E-state index contributed by atoms with van der Waals surface area (Å²) in [6.07, 6.45) is 5.61. The van der Waals surface area contributed by atoms with Gasteiger partial charge in [0.15, 0.2) is 12.4 Å². The molecule has 0 radical (unpaired) electrons. The normalized spacial score (nSPS) is 14.9. The third-order valence-electron chi connectivity index (χ3n) is 6.12. The fourth-order valence-electron chi connectivity index (χ4n) is 4.40. The zero-order valence-corrected chi connectivity index (χ0v) is 20.0. The molecular formula is C28H30N2O2Si. The van der Waals surface area contributed by atoms with Crippen molar-refractivity contribution in [3.8, 4) is 0 Å². The second kappa shape index (κ2) is 10.5. The Bertz CT molecular complexity index is 1070. The fraction of sp³-hybridized carbons (Fsp3) is 0.179. The first-order chi connectivity index (χ1) is 16.1. The summed E-state index contributed by atoms with van der Waals surface area (Å²) in [4.78, 5) is 1.89. The molecule has 0 saturated heterocycles. The van der Waals surface area contributed by atoms with Crippen molar-refractivity contribution in [2.24, 2.45) is 0 Å². The average Bonchev–Trinajstić information content (AvgIpc) is 2.86. The minimum Gasteiger partial charge on any atom is -0.856 e. The highest BCUT2D eigenvalue weighted by molar-refractivity contribution is 6.97. The van der Waals surface area contributed by atoms with Crippen LogP contribution in [0.4, 0.5) is 0 Å². The SMILES string of the molecule is C=CC[Si](OCC(c1ccccc1)N1CC=[N+](C)C=C1[O-])(c1ccccc1)c1ccccc1. The average molecular weight is 455 g/mol. The third kappa shape index (κ3) is 5.00. The monoisotopic (exact) mass is 454 g/mol. The van der Waals surface area contributed by atoms with Gasteiger partial charge in [-0.15, -0.1) is 6.58 Å². The van der Waals surface area contributed by atoms with Crippen LogP contribution in [0.15, 0.2) is 116 Å². The summed E-state index contributed by atoms with van der Waals surface area (Å²) in [5, 5.41) is 15.4. The van der Waals surface area contributed by atoms with Gasteiger partial charge < -0.3 is 14.4 Å². The van der Waals surface area contributed by atoms with E-state index in [1.165, 1.54) is 10.4 Å². The molecule has 0 amide bonds. The van der Waals surface area contributed by atoms with E-state index in [9.17, 15) is 5.11 Å². The standard InChI is InChI=1S/C28H30N2O2Si/c1-3-21-33(25-15-9-5-10-16-25,26-17-11-6-12-18-26)32-23-27(24-13-7-4-8-14-24)30-20-19-29(2)22-28(30)31/h3-19,22,27H,1,20-21,23H2,2H3. The lowest BCUT2D eigenvalue weighted by Crippen LogP contribution is -2.61. The van der Waals surface area contributed by atoms with Gasteiger partial charge >= 0.3 is 0 Å². The molecule has 0 saturated carbocycles. The molecule has 4 nitrogen and oxygen atoms in total. The molecule has 0 aliphatic carbocycles. The lowest BCUT2D eigenvalue weighted by Gasteiger charge is -2.40. The first kappa shape index (κ1) is 22.8. The van der Waals surface area contributed by atoms with E-state index in [4.69, 9.17) is 4.43 Å². The van der Waals surface area contributed by atoms with E-state index >= 15 is 0 Å². The van der Waals surface area contributed by atoms with Gasteiger partial charge in [0, 0.05) is 5.88 Å². The topological polar surface area (TPSA) is 38.5 Å². The van der Waals surface area contributed by atoms with Crippen LogP contribution in [0.1, 0.15) is 11.6 Å². The van der Waals surface area contributed by atoms with Crippen molar-refractivity contribution in [3.05, 3.63) is 121 Å². The predicted molar refractivity (Wildman–Crippen MR) is 135 cm³/mol. The Morgan fingerprint density at radius 2 is 1.52 bits per heavy atom. The maximum atomic E-state index is 13.0. The highest BCUT2D eigenvalue weighted by Crippen LogP contribution is 2.26. The van der Waals surface area contributed by atoms with Gasteiger partial charge in [-0.1, -0.05) is 97.1 Å². The van der Waals surface area contributed by atoms with Gasteiger partial charge in [-0.3, -0.25) is 0 Å². The summed E-state index contributed by atoms with van der Waals surface area (Å²) in [6, 6.07) is 31.7. The molecule has 168 valence electrons. The molecule has 5 heteroatoms. The molecule has 1 aliphatic heterocycles. The number of allylic oxidation sites excluding steroid dienone is 1. The highest BCUT2D eigenvalue weighted by atomic mass is 28.4. The quantitative estimate of drug-likeness (QED) is 0.284. The summed E-state index contributed by atoms with van der Waals surface area (Å²) in [7, 11) is -0.744. The van der Waals surface area contributed by atoms with Crippen LogP contribution >= 0.6 is 0 Å². The van der Waals surface area contributed by atoms with Crippen molar-refractivity contribution in [1.82, 2.24) is 4.90 Å². The largest absolute Gasteiger partial charge is 0.856 e. The number of hydrogen-bond acceptors (Lipinski definition) is 3. The first-order valence-electron chi connectivity index (χ1n) is 11.3. The summed E-state index contributed by atoms with van der Waals surface area (Å²) < 4.78 is 8.85. The van der Waals surface area contributed by atoms with E-state index in [-0.39, 0.29) is 11.9 Å². The Kier molecular flexibility index (Phi) is 7.22. The van der Waals surface area contributed by atoms with Gasteiger partial charge in [0.05, 0.1) is 19.2 Å². The first-order valence-corrected chi connectivity index (χ1v) is 13.4. The maximum Gasteiger partial charge on any atom is 0.259 e. The van der Waals surface area contributed by atoms with Crippen LogP contribution in [0.25, 0.3) is 0 Å². The van der Waals surface area contributed by atoms with Crippen molar-refractivity contribution in [2.75, 3.05) is 20.2 Å². The number of hydrogen-bond donors (Lipinski definition) is 0. The zero-order chi connectivity index (χ0) is 23.1. The molecule has 4 rings (SSSR count). The van der Waals surface area contributed by atoms with Crippen molar-refractivity contribution in [1.29, 1.82) is 0 Å². The van der Waals surface area contributed by atoms with Crippen LogP contribution in [0, 0.1) is 0 Å². The second-order valence-corrected chi connectivity index (χ2v) is 11.8. The minimum absolute atomic E-state index is 0.00661. The highest BCUT2D eigenvalue weighted by Gasteiger charge is 2.39. The van der Waals surface area contributed by atoms with Crippen molar-refractivity contribution in [2.45, 2.75) is 12.1 Å². The van der Waals surface area contributed by atoms with Gasteiger partial charge in [0.2, 0.25) is 0 Å². The van der Waals surface area contributed by atoms with Gasteiger partial charge in [0.25, 0.3) is 8.32 Å². The lowest BCUT2D eigenvalue weighted by atomic mass is 10.1. The van der Waals surface area contributed by atoms with E-state index in [2.05, 4.69) is 67.2 Å². The van der Waals surface area contributed by atoms with E-state index in [0.717, 1.165) is 11.6 Å². The molecule has 3 aromatic rings. The van der Waals surface area contributed by atoms with Crippen molar-refractivity contribution < 1.29 is 14.1 Å². The third-order valence-corrected chi connectivity index (χ3v) is 10.2. The Labute approximate surface area is 197 Å². The van der Waals surface area contributed by atoms with Crippen LogP contribution < -0.4 is 15.5 Å². The zero-order valence-electron chi connectivity index (χ0n) is 19.0. The molecule has 0 fully saturated rings.